The molecule has 0 bridgehead atoms. The molecule has 0 aliphatic carbocycles. The van der Waals surface area contributed by atoms with E-state index in [9.17, 15) is 13.2 Å². The van der Waals surface area contributed by atoms with Crippen LogP contribution in [0, 0.1) is 0 Å². The van der Waals surface area contributed by atoms with E-state index in [2.05, 4.69) is 10.3 Å². The number of pyridine rings is 1. The highest BCUT2D eigenvalue weighted by Gasteiger charge is 2.28. The zero-order valence-corrected chi connectivity index (χ0v) is 18.0. The molecule has 162 valence electrons. The van der Waals surface area contributed by atoms with Crippen LogP contribution in [0.3, 0.4) is 0 Å². The number of carbonyl (C=O) groups is 1. The van der Waals surface area contributed by atoms with E-state index < -0.39 is 22.5 Å². The number of carbonyl (C=O) groups excluding carboxylic acids is 1. The lowest BCUT2D eigenvalue weighted by Crippen LogP contribution is -2.38. The molecule has 31 heavy (non-hydrogen) atoms. The third kappa shape index (κ3) is 5.32. The number of hydrogen-bond acceptors (Lipinski definition) is 6. The van der Waals surface area contributed by atoms with Crippen molar-refractivity contribution in [2.75, 3.05) is 29.9 Å². The van der Waals surface area contributed by atoms with E-state index in [4.69, 9.17) is 9.47 Å². The molecule has 2 aromatic carbocycles. The molecule has 8 nitrogen and oxygen atoms in total. The topological polar surface area (TPSA) is 97.8 Å². The first-order valence-corrected chi connectivity index (χ1v) is 11.0. The summed E-state index contributed by atoms with van der Waals surface area (Å²) in [7, 11) is -2.53. The second-order valence-corrected chi connectivity index (χ2v) is 8.25. The quantitative estimate of drug-likeness (QED) is 0.547. The van der Waals surface area contributed by atoms with Crippen LogP contribution in [0.25, 0.3) is 0 Å². The van der Waals surface area contributed by atoms with Crippen molar-refractivity contribution >= 4 is 27.3 Å². The molecule has 1 amide bonds. The van der Waals surface area contributed by atoms with Crippen LogP contribution in [0.15, 0.2) is 78.0 Å². The fraction of sp³-hybridized carbons (Fsp3) is 0.182. The Labute approximate surface area is 181 Å². The Bertz CT molecular complexity index is 1120. The van der Waals surface area contributed by atoms with Gasteiger partial charge in [0.05, 0.1) is 36.2 Å². The number of hydrogen-bond donors (Lipinski definition) is 1. The molecule has 1 N–H and O–H groups in total. The summed E-state index contributed by atoms with van der Waals surface area (Å²) in [6.45, 7) is 1.74. The number of amides is 1. The molecule has 1 heterocycles. The van der Waals surface area contributed by atoms with Gasteiger partial charge in [-0.05, 0) is 43.3 Å². The molecule has 3 rings (SSSR count). The maximum absolute atomic E-state index is 13.4. The number of methoxy groups -OCH3 is 1. The van der Waals surface area contributed by atoms with E-state index in [0.717, 1.165) is 4.31 Å². The van der Waals surface area contributed by atoms with Crippen LogP contribution in [0.5, 0.6) is 11.5 Å². The molecule has 0 radical (unpaired) electrons. The first-order chi connectivity index (χ1) is 15.0. The molecular weight excluding hydrogens is 418 g/mol. The third-order valence-corrected chi connectivity index (χ3v) is 6.09. The van der Waals surface area contributed by atoms with Crippen molar-refractivity contribution in [2.24, 2.45) is 0 Å². The predicted octanol–water partition coefficient (Wildman–Crippen LogP) is 3.32. The van der Waals surface area contributed by atoms with Gasteiger partial charge in [-0.1, -0.05) is 18.2 Å². The normalized spacial score (nSPS) is 10.9. The van der Waals surface area contributed by atoms with Crippen LogP contribution in [-0.2, 0) is 14.8 Å². The number of anilines is 2. The monoisotopic (exact) mass is 441 g/mol. The molecule has 0 aliphatic heterocycles. The first-order valence-electron chi connectivity index (χ1n) is 9.54. The van der Waals surface area contributed by atoms with Crippen LogP contribution >= 0.6 is 0 Å². The van der Waals surface area contributed by atoms with Crippen molar-refractivity contribution in [3.8, 4) is 11.5 Å². The van der Waals surface area contributed by atoms with Crippen LogP contribution in [0.2, 0.25) is 0 Å². The van der Waals surface area contributed by atoms with Gasteiger partial charge in [-0.3, -0.25) is 14.1 Å². The van der Waals surface area contributed by atoms with Crippen molar-refractivity contribution in [1.29, 1.82) is 0 Å². The van der Waals surface area contributed by atoms with E-state index in [1.807, 2.05) is 6.92 Å². The van der Waals surface area contributed by atoms with Gasteiger partial charge in [0.15, 0.2) is 11.5 Å². The van der Waals surface area contributed by atoms with E-state index in [-0.39, 0.29) is 10.6 Å². The zero-order valence-electron chi connectivity index (χ0n) is 17.2. The summed E-state index contributed by atoms with van der Waals surface area (Å²) in [5.41, 5.74) is 0.740. The average Bonchev–Trinajstić information content (AvgIpc) is 2.79. The largest absolute Gasteiger partial charge is 0.493 e. The summed E-state index contributed by atoms with van der Waals surface area (Å²) < 4.78 is 38.7. The van der Waals surface area contributed by atoms with Crippen LogP contribution in [0.4, 0.5) is 11.4 Å². The minimum absolute atomic E-state index is 0.0676. The number of ether oxygens (including phenoxy) is 2. The Hall–Kier alpha value is -3.59. The molecule has 1 aromatic heterocycles. The van der Waals surface area contributed by atoms with Crippen molar-refractivity contribution in [3.63, 3.8) is 0 Å². The molecule has 9 heteroatoms. The molecule has 0 atom stereocenters. The Morgan fingerprint density at radius 2 is 1.84 bits per heavy atom. The summed E-state index contributed by atoms with van der Waals surface area (Å²) in [6.07, 6.45) is 3.06. The van der Waals surface area contributed by atoms with Gasteiger partial charge in [0.25, 0.3) is 10.0 Å². The lowest BCUT2D eigenvalue weighted by Gasteiger charge is -2.25. The molecular formula is C22H23N3O5S. The maximum Gasteiger partial charge on any atom is 0.264 e. The minimum Gasteiger partial charge on any atom is -0.493 e. The summed E-state index contributed by atoms with van der Waals surface area (Å²) >= 11 is 0. The molecule has 0 unspecified atom stereocenters. The maximum atomic E-state index is 13.4. The zero-order chi connectivity index (χ0) is 22.3. The fourth-order valence-corrected chi connectivity index (χ4v) is 4.33. The second kappa shape index (κ2) is 9.94. The number of rotatable bonds is 9. The predicted molar refractivity (Wildman–Crippen MR) is 118 cm³/mol. The Kier molecular flexibility index (Phi) is 7.09. The first kappa shape index (κ1) is 22.1. The van der Waals surface area contributed by atoms with Crippen molar-refractivity contribution in [1.82, 2.24) is 4.98 Å². The van der Waals surface area contributed by atoms with Crippen LogP contribution in [-0.4, -0.2) is 39.6 Å². The molecule has 0 spiro atoms. The summed E-state index contributed by atoms with van der Waals surface area (Å²) in [4.78, 5) is 16.7. The number of aromatic nitrogens is 1. The Balaban J connectivity index is 2.00. The average molecular weight is 442 g/mol. The molecule has 0 saturated carbocycles. The van der Waals surface area contributed by atoms with Gasteiger partial charge in [-0.2, -0.15) is 0 Å². The van der Waals surface area contributed by atoms with Gasteiger partial charge < -0.3 is 14.8 Å². The highest BCUT2D eigenvalue weighted by Crippen LogP contribution is 2.34. The van der Waals surface area contributed by atoms with Gasteiger partial charge in [-0.25, -0.2) is 8.42 Å². The van der Waals surface area contributed by atoms with Gasteiger partial charge >= 0.3 is 0 Å². The van der Waals surface area contributed by atoms with E-state index in [1.165, 1.54) is 25.4 Å². The van der Waals surface area contributed by atoms with Crippen molar-refractivity contribution in [2.45, 2.75) is 11.8 Å². The standard InChI is InChI=1S/C22H23N3O5S/c1-3-30-21-14-18(11-12-20(21)29-2)25(31(27,28)19-9-5-4-6-10-19)16-22(26)24-17-8-7-13-23-15-17/h4-15H,3,16H2,1-2H3,(H,24,26). The van der Waals surface area contributed by atoms with Gasteiger partial charge in [0, 0.05) is 12.3 Å². The molecule has 3 aromatic rings. The third-order valence-electron chi connectivity index (χ3n) is 4.30. The number of sulfonamides is 1. The van der Waals surface area contributed by atoms with E-state index in [0.29, 0.717) is 23.8 Å². The summed E-state index contributed by atoms with van der Waals surface area (Å²) in [5, 5.41) is 2.66. The van der Waals surface area contributed by atoms with Gasteiger partial charge in [0.2, 0.25) is 5.91 Å². The molecule has 0 fully saturated rings. The Morgan fingerprint density at radius 1 is 1.06 bits per heavy atom. The SMILES string of the molecule is CCOc1cc(N(CC(=O)Nc2cccnc2)S(=O)(=O)c2ccccc2)ccc1OC. The van der Waals surface area contributed by atoms with Crippen molar-refractivity contribution in [3.05, 3.63) is 73.1 Å². The van der Waals surface area contributed by atoms with Gasteiger partial charge in [-0.15, -0.1) is 0 Å². The summed E-state index contributed by atoms with van der Waals surface area (Å²) in [5.74, 6) is 0.326. The number of nitrogens with one attached hydrogen (secondary N) is 1. The summed E-state index contributed by atoms with van der Waals surface area (Å²) in [6, 6.07) is 16.0. The smallest absolute Gasteiger partial charge is 0.264 e. The van der Waals surface area contributed by atoms with Gasteiger partial charge in [0.1, 0.15) is 6.54 Å². The number of benzene rings is 2. The van der Waals surface area contributed by atoms with E-state index in [1.54, 1.807) is 54.7 Å². The van der Waals surface area contributed by atoms with Crippen LogP contribution in [0.1, 0.15) is 6.92 Å². The highest BCUT2D eigenvalue weighted by molar-refractivity contribution is 7.92. The minimum atomic E-state index is -4.03. The Morgan fingerprint density at radius 3 is 2.48 bits per heavy atom. The van der Waals surface area contributed by atoms with Crippen LogP contribution < -0.4 is 19.1 Å². The van der Waals surface area contributed by atoms with Crippen molar-refractivity contribution < 1.29 is 22.7 Å². The second-order valence-electron chi connectivity index (χ2n) is 6.38. The number of nitrogens with zero attached hydrogens (tertiary/aromatic N) is 2. The lowest BCUT2D eigenvalue weighted by atomic mass is 10.2. The molecule has 0 saturated heterocycles. The fourth-order valence-electron chi connectivity index (χ4n) is 2.89. The highest BCUT2D eigenvalue weighted by atomic mass is 32.2. The lowest BCUT2D eigenvalue weighted by molar-refractivity contribution is -0.114. The van der Waals surface area contributed by atoms with E-state index >= 15 is 0 Å². The molecule has 0 aliphatic rings.